The largest absolute Gasteiger partial charge is 0.496 e. The maximum absolute atomic E-state index is 11.5. The summed E-state index contributed by atoms with van der Waals surface area (Å²) in [5.74, 6) is 1.15. The molecule has 0 fully saturated rings. The van der Waals surface area contributed by atoms with Gasteiger partial charge in [-0.05, 0) is 25.1 Å². The highest BCUT2D eigenvalue weighted by molar-refractivity contribution is 5.90. The van der Waals surface area contributed by atoms with Crippen LogP contribution in [0.1, 0.15) is 21.6 Å². The Hall–Kier alpha value is -2.56. The summed E-state index contributed by atoms with van der Waals surface area (Å²) in [6, 6.07) is 11.2. The minimum atomic E-state index is -0.378. The van der Waals surface area contributed by atoms with E-state index in [1.165, 1.54) is 7.11 Å². The van der Waals surface area contributed by atoms with Crippen molar-refractivity contribution in [1.29, 1.82) is 0 Å². The fourth-order valence-corrected chi connectivity index (χ4v) is 2.02. The fourth-order valence-electron chi connectivity index (χ4n) is 2.02. The van der Waals surface area contributed by atoms with Gasteiger partial charge in [-0.1, -0.05) is 18.2 Å². The first-order valence-corrected chi connectivity index (χ1v) is 6.57. The van der Waals surface area contributed by atoms with Crippen molar-refractivity contribution in [2.75, 3.05) is 19.5 Å². The number of nitrogens with zero attached hydrogens (tertiary/aromatic N) is 1. The van der Waals surface area contributed by atoms with Gasteiger partial charge < -0.3 is 14.8 Å². The summed E-state index contributed by atoms with van der Waals surface area (Å²) in [6.45, 7) is 2.37. The molecular formula is C16H18N2O3. The van der Waals surface area contributed by atoms with Crippen LogP contribution in [0.2, 0.25) is 0 Å². The van der Waals surface area contributed by atoms with Gasteiger partial charge in [-0.25, -0.2) is 9.78 Å². The van der Waals surface area contributed by atoms with Crippen molar-refractivity contribution < 1.29 is 14.3 Å². The van der Waals surface area contributed by atoms with E-state index in [4.69, 9.17) is 9.47 Å². The number of pyridine rings is 1. The molecule has 1 aromatic carbocycles. The van der Waals surface area contributed by atoms with Crippen molar-refractivity contribution in [1.82, 2.24) is 4.98 Å². The number of carbonyl (C=O) groups excluding carboxylic acids is 1. The van der Waals surface area contributed by atoms with Crippen molar-refractivity contribution in [3.63, 3.8) is 0 Å². The van der Waals surface area contributed by atoms with Gasteiger partial charge in [-0.2, -0.15) is 0 Å². The number of rotatable bonds is 5. The Kier molecular flexibility index (Phi) is 4.77. The second-order valence-electron chi connectivity index (χ2n) is 4.49. The number of esters is 1. The third-order valence-electron chi connectivity index (χ3n) is 3.14. The first-order valence-electron chi connectivity index (χ1n) is 6.57. The zero-order valence-corrected chi connectivity index (χ0v) is 12.3. The van der Waals surface area contributed by atoms with Crippen LogP contribution in [0.3, 0.4) is 0 Å². The fraction of sp³-hybridized carbons (Fsp3) is 0.250. The number of aryl methyl sites for hydroxylation is 1. The second kappa shape index (κ2) is 6.74. The quantitative estimate of drug-likeness (QED) is 0.856. The number of hydrogen-bond acceptors (Lipinski definition) is 5. The lowest BCUT2D eigenvalue weighted by Gasteiger charge is -2.11. The number of benzene rings is 1. The highest BCUT2D eigenvalue weighted by Crippen LogP contribution is 2.19. The van der Waals surface area contributed by atoms with Crippen molar-refractivity contribution in [2.24, 2.45) is 0 Å². The predicted octanol–water partition coefficient (Wildman–Crippen LogP) is 2.80. The molecule has 0 radical (unpaired) electrons. The number of carbonyl (C=O) groups is 1. The van der Waals surface area contributed by atoms with Crippen molar-refractivity contribution in [3.05, 3.63) is 53.2 Å². The number of anilines is 1. The first-order chi connectivity index (χ1) is 10.2. The molecule has 0 aliphatic carbocycles. The van der Waals surface area contributed by atoms with E-state index in [1.807, 2.05) is 24.3 Å². The smallest absolute Gasteiger partial charge is 0.339 e. The minimum Gasteiger partial charge on any atom is -0.496 e. The third kappa shape index (κ3) is 3.51. The number of aromatic nitrogens is 1. The Morgan fingerprint density at radius 3 is 2.62 bits per heavy atom. The van der Waals surface area contributed by atoms with Crippen LogP contribution in [0.5, 0.6) is 5.75 Å². The molecule has 2 rings (SSSR count). The average molecular weight is 286 g/mol. The Balaban J connectivity index is 2.10. The number of nitrogens with one attached hydrogen (secondary N) is 1. The lowest BCUT2D eigenvalue weighted by atomic mass is 10.2. The predicted molar refractivity (Wildman–Crippen MR) is 80.6 cm³/mol. The summed E-state index contributed by atoms with van der Waals surface area (Å²) < 4.78 is 10.0. The van der Waals surface area contributed by atoms with Crippen LogP contribution in [0.15, 0.2) is 36.4 Å². The third-order valence-corrected chi connectivity index (χ3v) is 3.14. The topological polar surface area (TPSA) is 60.5 Å². The number of ether oxygens (including phenoxy) is 2. The van der Waals surface area contributed by atoms with E-state index in [0.29, 0.717) is 23.6 Å². The monoisotopic (exact) mass is 286 g/mol. The highest BCUT2D eigenvalue weighted by atomic mass is 16.5. The van der Waals surface area contributed by atoms with Gasteiger partial charge in [0.05, 0.1) is 25.5 Å². The van der Waals surface area contributed by atoms with Gasteiger partial charge >= 0.3 is 5.97 Å². The van der Waals surface area contributed by atoms with Crippen LogP contribution >= 0.6 is 0 Å². The zero-order valence-electron chi connectivity index (χ0n) is 12.3. The maximum atomic E-state index is 11.5. The second-order valence-corrected chi connectivity index (χ2v) is 4.49. The Bertz CT molecular complexity index is 641. The molecule has 5 heteroatoms. The zero-order chi connectivity index (χ0) is 15.2. The van der Waals surface area contributed by atoms with E-state index in [1.54, 1.807) is 26.2 Å². The molecule has 1 aromatic heterocycles. The summed E-state index contributed by atoms with van der Waals surface area (Å²) in [7, 11) is 3.00. The van der Waals surface area contributed by atoms with Crippen LogP contribution < -0.4 is 10.1 Å². The lowest BCUT2D eigenvalue weighted by molar-refractivity contribution is 0.0599. The molecule has 0 amide bonds. The normalized spacial score (nSPS) is 10.0. The molecule has 0 bridgehead atoms. The van der Waals surface area contributed by atoms with Gasteiger partial charge in [-0.3, -0.25) is 0 Å². The highest BCUT2D eigenvalue weighted by Gasteiger charge is 2.10. The molecule has 0 atom stereocenters. The Labute approximate surface area is 123 Å². The lowest BCUT2D eigenvalue weighted by Crippen LogP contribution is -2.08. The van der Waals surface area contributed by atoms with Gasteiger partial charge in [0.15, 0.2) is 0 Å². The molecule has 0 saturated carbocycles. The molecule has 0 saturated heterocycles. The summed E-state index contributed by atoms with van der Waals surface area (Å²) in [5.41, 5.74) is 2.14. The van der Waals surface area contributed by atoms with Gasteiger partial charge in [0.25, 0.3) is 0 Å². The molecular weight excluding hydrogens is 268 g/mol. The average Bonchev–Trinajstić information content (AvgIpc) is 2.52. The molecule has 0 aliphatic rings. The number of para-hydroxylation sites is 1. The van der Waals surface area contributed by atoms with Crippen molar-refractivity contribution >= 4 is 11.8 Å². The Morgan fingerprint density at radius 2 is 1.95 bits per heavy atom. The molecule has 0 unspecified atom stereocenters. The summed E-state index contributed by atoms with van der Waals surface area (Å²) >= 11 is 0. The van der Waals surface area contributed by atoms with E-state index >= 15 is 0 Å². The van der Waals surface area contributed by atoms with Crippen LogP contribution in [0.25, 0.3) is 0 Å². The molecule has 21 heavy (non-hydrogen) atoms. The standard InChI is InChI=1S/C16H18N2O3/c1-11-13(16(19)21-3)8-9-15(18-11)17-10-12-6-4-5-7-14(12)20-2/h4-9H,10H2,1-3H3,(H,17,18). The van der Waals surface area contributed by atoms with Crippen LogP contribution in [-0.2, 0) is 11.3 Å². The number of hydrogen-bond donors (Lipinski definition) is 1. The molecule has 1 heterocycles. The van der Waals surface area contributed by atoms with Crippen molar-refractivity contribution in [3.8, 4) is 5.75 Å². The first kappa shape index (κ1) is 14.8. The van der Waals surface area contributed by atoms with Gasteiger partial charge in [0.1, 0.15) is 11.6 Å². The minimum absolute atomic E-state index is 0.378. The molecule has 0 aliphatic heterocycles. The van der Waals surface area contributed by atoms with Crippen LogP contribution in [0, 0.1) is 6.92 Å². The molecule has 0 spiro atoms. The van der Waals surface area contributed by atoms with E-state index in [9.17, 15) is 4.79 Å². The SMILES string of the molecule is COC(=O)c1ccc(NCc2ccccc2OC)nc1C. The molecule has 2 aromatic rings. The summed E-state index contributed by atoms with van der Waals surface area (Å²) in [4.78, 5) is 15.9. The van der Waals surface area contributed by atoms with Crippen LogP contribution in [-0.4, -0.2) is 25.2 Å². The molecule has 5 nitrogen and oxygen atoms in total. The molecule has 110 valence electrons. The maximum Gasteiger partial charge on any atom is 0.339 e. The summed E-state index contributed by atoms with van der Waals surface area (Å²) in [5, 5.41) is 3.22. The van der Waals surface area contributed by atoms with Gasteiger partial charge in [-0.15, -0.1) is 0 Å². The Morgan fingerprint density at radius 1 is 1.19 bits per heavy atom. The van der Waals surface area contributed by atoms with E-state index < -0.39 is 0 Å². The van der Waals surface area contributed by atoms with Crippen molar-refractivity contribution in [2.45, 2.75) is 13.5 Å². The summed E-state index contributed by atoms with van der Waals surface area (Å²) in [6.07, 6.45) is 0. The van der Waals surface area contributed by atoms with Gasteiger partial charge in [0, 0.05) is 12.1 Å². The van der Waals surface area contributed by atoms with E-state index in [-0.39, 0.29) is 5.97 Å². The van der Waals surface area contributed by atoms with E-state index in [2.05, 4.69) is 10.3 Å². The van der Waals surface area contributed by atoms with Crippen LogP contribution in [0.4, 0.5) is 5.82 Å². The van der Waals surface area contributed by atoms with Gasteiger partial charge in [0.2, 0.25) is 0 Å². The van der Waals surface area contributed by atoms with E-state index in [0.717, 1.165) is 11.3 Å². The molecule has 1 N–H and O–H groups in total. The number of methoxy groups -OCH3 is 2.